The largest absolute Gasteiger partial charge is 0.479 e. The number of benzene rings is 1. The fraction of sp³-hybridized carbons (Fsp3) is 0.429. The molecule has 20 heavy (non-hydrogen) atoms. The Bertz CT molecular complexity index is 484. The van der Waals surface area contributed by atoms with Crippen LogP contribution in [-0.2, 0) is 19.8 Å². The molecule has 0 bridgehead atoms. The zero-order chi connectivity index (χ0) is 14.6. The lowest BCUT2D eigenvalue weighted by molar-refractivity contribution is -0.144. The molecule has 1 aliphatic rings. The first kappa shape index (κ1) is 14.3. The van der Waals surface area contributed by atoms with Gasteiger partial charge in [0.15, 0.2) is 5.54 Å². The van der Waals surface area contributed by atoms with Gasteiger partial charge in [0.25, 0.3) is 0 Å². The zero-order valence-electron chi connectivity index (χ0n) is 11.2. The number of carboxylic acid groups (broad SMARTS) is 1. The second-order valence-corrected chi connectivity index (χ2v) is 4.81. The number of hydrogen-bond donors (Lipinski definition) is 2. The van der Waals surface area contributed by atoms with Gasteiger partial charge in [0, 0.05) is 6.42 Å². The van der Waals surface area contributed by atoms with E-state index in [0.29, 0.717) is 25.2 Å². The molecule has 0 spiro atoms. The van der Waals surface area contributed by atoms with Crippen LogP contribution in [0, 0.1) is 0 Å². The Hall–Kier alpha value is -2.08. The molecule has 0 radical (unpaired) electrons. The summed E-state index contributed by atoms with van der Waals surface area (Å²) < 4.78 is 10.2. The average molecular weight is 279 g/mol. The molecule has 1 heterocycles. The molecule has 0 saturated carbocycles. The van der Waals surface area contributed by atoms with Crippen molar-refractivity contribution in [2.24, 2.45) is 0 Å². The Morgan fingerprint density at radius 3 is 2.65 bits per heavy atom. The zero-order valence-corrected chi connectivity index (χ0v) is 11.2. The van der Waals surface area contributed by atoms with Crippen molar-refractivity contribution in [3.63, 3.8) is 0 Å². The summed E-state index contributed by atoms with van der Waals surface area (Å²) >= 11 is 0. The van der Waals surface area contributed by atoms with Crippen LogP contribution in [0.3, 0.4) is 0 Å². The Labute approximate surface area is 116 Å². The Morgan fingerprint density at radius 1 is 1.40 bits per heavy atom. The van der Waals surface area contributed by atoms with Crippen LogP contribution in [0.2, 0.25) is 0 Å². The lowest BCUT2D eigenvalue weighted by atomic mass is 9.92. The van der Waals surface area contributed by atoms with Gasteiger partial charge in [-0.25, -0.2) is 9.59 Å². The number of carbonyl (C=O) groups is 2. The second-order valence-electron chi connectivity index (χ2n) is 4.81. The summed E-state index contributed by atoms with van der Waals surface area (Å²) in [7, 11) is 0. The van der Waals surface area contributed by atoms with Crippen LogP contribution in [-0.4, -0.2) is 36.5 Å². The van der Waals surface area contributed by atoms with Crippen LogP contribution >= 0.6 is 0 Å². The first-order valence-corrected chi connectivity index (χ1v) is 6.38. The van der Waals surface area contributed by atoms with E-state index in [0.717, 1.165) is 0 Å². The summed E-state index contributed by atoms with van der Waals surface area (Å²) in [5.74, 6) is -1.15. The van der Waals surface area contributed by atoms with Gasteiger partial charge in [-0.3, -0.25) is 0 Å². The minimum absolute atomic E-state index is 0.316. The van der Waals surface area contributed by atoms with Crippen molar-refractivity contribution in [1.29, 1.82) is 0 Å². The fourth-order valence-corrected chi connectivity index (χ4v) is 2.01. The number of carbonyl (C=O) groups excluding carboxylic acids is 1. The van der Waals surface area contributed by atoms with Crippen LogP contribution in [0.5, 0.6) is 0 Å². The van der Waals surface area contributed by atoms with Crippen molar-refractivity contribution in [2.45, 2.75) is 25.0 Å². The minimum Gasteiger partial charge on any atom is -0.479 e. The lowest BCUT2D eigenvalue weighted by Gasteiger charge is -2.27. The minimum atomic E-state index is -1.53. The van der Waals surface area contributed by atoms with E-state index in [4.69, 9.17) is 9.47 Å². The van der Waals surface area contributed by atoms with Crippen molar-refractivity contribution < 1.29 is 24.2 Å². The first-order chi connectivity index (χ1) is 9.52. The van der Waals surface area contributed by atoms with Gasteiger partial charge < -0.3 is 19.9 Å². The van der Waals surface area contributed by atoms with Gasteiger partial charge in [-0.2, -0.15) is 0 Å². The summed E-state index contributed by atoms with van der Waals surface area (Å²) in [5.41, 5.74) is -1.05. The molecule has 0 aromatic heterocycles. The standard InChI is InChI=1S/C14H17NO5/c1-14(12(16)17,10-5-3-2-4-6-10)15-13(18)20-11-7-8-19-9-11/h2-6,11H,7-9H2,1H3,(H,15,18)(H,16,17). The third kappa shape index (κ3) is 3.08. The third-order valence-corrected chi connectivity index (χ3v) is 3.29. The van der Waals surface area contributed by atoms with Gasteiger partial charge in [0.2, 0.25) is 0 Å². The molecular weight excluding hydrogens is 262 g/mol. The number of nitrogens with one attached hydrogen (secondary N) is 1. The lowest BCUT2D eigenvalue weighted by Crippen LogP contribution is -2.50. The highest BCUT2D eigenvalue weighted by atomic mass is 16.6. The molecule has 1 aromatic rings. The molecule has 1 aliphatic heterocycles. The van der Waals surface area contributed by atoms with E-state index >= 15 is 0 Å². The number of alkyl carbamates (subject to hydrolysis) is 1. The fourth-order valence-electron chi connectivity index (χ4n) is 2.01. The van der Waals surface area contributed by atoms with Crippen molar-refractivity contribution >= 4 is 12.1 Å². The highest BCUT2D eigenvalue weighted by Gasteiger charge is 2.38. The van der Waals surface area contributed by atoms with E-state index in [-0.39, 0.29) is 6.10 Å². The van der Waals surface area contributed by atoms with E-state index in [2.05, 4.69) is 5.32 Å². The molecular formula is C14H17NO5. The molecule has 108 valence electrons. The van der Waals surface area contributed by atoms with E-state index in [1.165, 1.54) is 6.92 Å². The van der Waals surface area contributed by atoms with Gasteiger partial charge in [-0.05, 0) is 12.5 Å². The molecule has 2 N–H and O–H groups in total. The van der Waals surface area contributed by atoms with Crippen molar-refractivity contribution in [1.82, 2.24) is 5.32 Å². The topological polar surface area (TPSA) is 84.9 Å². The summed E-state index contributed by atoms with van der Waals surface area (Å²) in [5, 5.41) is 11.8. The number of carboxylic acids is 1. The normalized spacial score (nSPS) is 20.9. The smallest absolute Gasteiger partial charge is 0.408 e. The highest BCUT2D eigenvalue weighted by Crippen LogP contribution is 2.21. The van der Waals surface area contributed by atoms with Gasteiger partial charge in [-0.1, -0.05) is 30.3 Å². The molecule has 1 fully saturated rings. The van der Waals surface area contributed by atoms with Crippen LogP contribution in [0.1, 0.15) is 18.9 Å². The van der Waals surface area contributed by atoms with E-state index in [9.17, 15) is 14.7 Å². The van der Waals surface area contributed by atoms with Crippen molar-refractivity contribution in [3.8, 4) is 0 Å². The molecule has 2 unspecified atom stereocenters. The summed E-state index contributed by atoms with van der Waals surface area (Å²) in [6, 6.07) is 8.50. The summed E-state index contributed by atoms with van der Waals surface area (Å²) in [6.07, 6.45) is -0.444. The Balaban J connectivity index is 2.09. The van der Waals surface area contributed by atoms with Crippen molar-refractivity contribution in [3.05, 3.63) is 35.9 Å². The summed E-state index contributed by atoms with van der Waals surface area (Å²) in [4.78, 5) is 23.3. The highest BCUT2D eigenvalue weighted by molar-refractivity contribution is 5.85. The van der Waals surface area contributed by atoms with E-state index in [1.54, 1.807) is 30.3 Å². The third-order valence-electron chi connectivity index (χ3n) is 3.29. The van der Waals surface area contributed by atoms with Gasteiger partial charge in [0.1, 0.15) is 6.10 Å². The number of hydrogen-bond acceptors (Lipinski definition) is 4. The Kier molecular flexibility index (Phi) is 4.24. The molecule has 1 saturated heterocycles. The average Bonchev–Trinajstić information content (AvgIpc) is 2.92. The monoisotopic (exact) mass is 279 g/mol. The maximum absolute atomic E-state index is 11.8. The molecule has 6 nitrogen and oxygen atoms in total. The summed E-state index contributed by atoms with van der Waals surface area (Å²) in [6.45, 7) is 2.33. The predicted molar refractivity (Wildman–Crippen MR) is 70.3 cm³/mol. The van der Waals surface area contributed by atoms with E-state index < -0.39 is 17.6 Å². The molecule has 6 heteroatoms. The second kappa shape index (κ2) is 5.92. The van der Waals surface area contributed by atoms with Gasteiger partial charge >= 0.3 is 12.1 Å². The van der Waals surface area contributed by atoms with Crippen LogP contribution < -0.4 is 5.32 Å². The molecule has 2 rings (SSSR count). The number of aliphatic carboxylic acids is 1. The number of rotatable bonds is 4. The maximum atomic E-state index is 11.8. The first-order valence-electron chi connectivity index (χ1n) is 6.38. The van der Waals surface area contributed by atoms with Crippen LogP contribution in [0.15, 0.2) is 30.3 Å². The van der Waals surface area contributed by atoms with Crippen molar-refractivity contribution in [2.75, 3.05) is 13.2 Å². The molecule has 0 aliphatic carbocycles. The van der Waals surface area contributed by atoms with Gasteiger partial charge in [0.05, 0.1) is 13.2 Å². The van der Waals surface area contributed by atoms with Crippen LogP contribution in [0.4, 0.5) is 4.79 Å². The SMILES string of the molecule is CC(NC(=O)OC1CCOC1)(C(=O)O)c1ccccc1. The quantitative estimate of drug-likeness (QED) is 0.872. The van der Waals surface area contributed by atoms with Crippen LogP contribution in [0.25, 0.3) is 0 Å². The number of ether oxygens (including phenoxy) is 2. The molecule has 1 amide bonds. The molecule has 1 aromatic carbocycles. The molecule has 2 atom stereocenters. The maximum Gasteiger partial charge on any atom is 0.408 e. The van der Waals surface area contributed by atoms with Gasteiger partial charge in [-0.15, -0.1) is 0 Å². The van der Waals surface area contributed by atoms with E-state index in [1.807, 2.05) is 0 Å². The number of amides is 1. The predicted octanol–water partition coefficient (Wildman–Crippen LogP) is 1.50. The Morgan fingerprint density at radius 2 is 2.10 bits per heavy atom.